The molecule has 4 rings (SSSR count). The zero-order valence-corrected chi connectivity index (χ0v) is 19.8. The van der Waals surface area contributed by atoms with Gasteiger partial charge in [0.25, 0.3) is 15.9 Å². The molecular formula is C24H25N3O6S. The number of aromatic nitrogens is 1. The second-order valence-corrected chi connectivity index (χ2v) is 9.66. The standard InChI is InChI=1S/C24H25N3O6S/c1-14-22(16(3)28)15(2)25-23(14)24(29)26-17-5-7-18(8-6-17)27-34(30,31)19-9-10-20-21(13-19)33-12-4-11-32-20/h5-10,13,25,27H,4,11-12H2,1-3H3,(H,26,29). The molecule has 2 aromatic carbocycles. The van der Waals surface area contributed by atoms with Crippen LogP contribution in [0.5, 0.6) is 11.5 Å². The number of rotatable bonds is 6. The molecule has 178 valence electrons. The molecule has 0 spiro atoms. The molecule has 2 heterocycles. The maximum absolute atomic E-state index is 12.8. The second kappa shape index (κ2) is 9.22. The normalized spacial score (nSPS) is 13.1. The maximum Gasteiger partial charge on any atom is 0.272 e. The Morgan fingerprint density at radius 1 is 0.941 bits per heavy atom. The van der Waals surface area contributed by atoms with Crippen molar-refractivity contribution in [1.82, 2.24) is 4.98 Å². The summed E-state index contributed by atoms with van der Waals surface area (Å²) in [6.45, 7) is 5.88. The Balaban J connectivity index is 1.47. The first-order valence-corrected chi connectivity index (χ1v) is 12.2. The van der Waals surface area contributed by atoms with Crippen LogP contribution in [0.1, 0.15) is 45.4 Å². The molecule has 0 radical (unpaired) electrons. The molecule has 1 aromatic heterocycles. The van der Waals surface area contributed by atoms with E-state index in [-0.39, 0.29) is 10.7 Å². The second-order valence-electron chi connectivity index (χ2n) is 7.98. The zero-order valence-electron chi connectivity index (χ0n) is 19.0. The summed E-state index contributed by atoms with van der Waals surface area (Å²) in [5.41, 5.74) is 2.83. The maximum atomic E-state index is 12.8. The van der Waals surface area contributed by atoms with Crippen molar-refractivity contribution in [3.05, 3.63) is 65.0 Å². The molecule has 9 nitrogen and oxygen atoms in total. The van der Waals surface area contributed by atoms with Crippen molar-refractivity contribution < 1.29 is 27.5 Å². The Morgan fingerprint density at radius 3 is 2.24 bits per heavy atom. The van der Waals surface area contributed by atoms with E-state index in [4.69, 9.17) is 9.47 Å². The van der Waals surface area contributed by atoms with Crippen LogP contribution >= 0.6 is 0 Å². The lowest BCUT2D eigenvalue weighted by Crippen LogP contribution is -2.15. The number of hydrogen-bond donors (Lipinski definition) is 3. The number of anilines is 2. The van der Waals surface area contributed by atoms with Crippen LogP contribution in [-0.2, 0) is 10.0 Å². The van der Waals surface area contributed by atoms with Gasteiger partial charge in [0.1, 0.15) is 5.69 Å². The topological polar surface area (TPSA) is 127 Å². The number of fused-ring (bicyclic) bond motifs is 1. The molecule has 34 heavy (non-hydrogen) atoms. The van der Waals surface area contributed by atoms with Gasteiger partial charge >= 0.3 is 0 Å². The highest BCUT2D eigenvalue weighted by Crippen LogP contribution is 2.32. The van der Waals surface area contributed by atoms with Crippen molar-refractivity contribution in [1.29, 1.82) is 0 Å². The number of benzene rings is 2. The van der Waals surface area contributed by atoms with E-state index in [1.165, 1.54) is 19.1 Å². The first-order chi connectivity index (χ1) is 16.2. The van der Waals surface area contributed by atoms with Gasteiger partial charge in [0.05, 0.1) is 18.1 Å². The van der Waals surface area contributed by atoms with Gasteiger partial charge in [-0.3, -0.25) is 14.3 Å². The van der Waals surface area contributed by atoms with Gasteiger partial charge in [-0.05, 0) is 62.7 Å². The molecule has 0 unspecified atom stereocenters. The summed E-state index contributed by atoms with van der Waals surface area (Å²) in [6.07, 6.45) is 0.721. The van der Waals surface area contributed by atoms with Crippen LogP contribution in [0.15, 0.2) is 47.4 Å². The number of sulfonamides is 1. The molecule has 0 saturated carbocycles. The van der Waals surface area contributed by atoms with Crippen LogP contribution in [0.3, 0.4) is 0 Å². The highest BCUT2D eigenvalue weighted by molar-refractivity contribution is 7.92. The van der Waals surface area contributed by atoms with Crippen LogP contribution in [-0.4, -0.2) is 38.3 Å². The molecule has 0 bridgehead atoms. The first kappa shape index (κ1) is 23.4. The van der Waals surface area contributed by atoms with Gasteiger partial charge in [0, 0.05) is 35.1 Å². The van der Waals surface area contributed by atoms with E-state index in [2.05, 4.69) is 15.0 Å². The fourth-order valence-corrected chi connectivity index (χ4v) is 4.92. The summed E-state index contributed by atoms with van der Waals surface area (Å²) >= 11 is 0. The van der Waals surface area contributed by atoms with Gasteiger partial charge in [-0.25, -0.2) is 8.42 Å². The highest BCUT2D eigenvalue weighted by Gasteiger charge is 2.21. The molecule has 1 amide bonds. The molecule has 1 aliphatic rings. The smallest absolute Gasteiger partial charge is 0.272 e. The Hall–Kier alpha value is -3.79. The number of carbonyl (C=O) groups excluding carboxylic acids is 2. The van der Waals surface area contributed by atoms with Crippen LogP contribution in [0.4, 0.5) is 11.4 Å². The van der Waals surface area contributed by atoms with Crippen LogP contribution in [0, 0.1) is 13.8 Å². The summed E-state index contributed by atoms with van der Waals surface area (Å²) in [6, 6.07) is 10.7. The summed E-state index contributed by atoms with van der Waals surface area (Å²) in [5.74, 6) is 0.393. The van der Waals surface area contributed by atoms with Crippen LogP contribution < -0.4 is 19.5 Å². The van der Waals surface area contributed by atoms with E-state index in [9.17, 15) is 18.0 Å². The fraction of sp³-hybridized carbons (Fsp3) is 0.250. The van der Waals surface area contributed by atoms with E-state index in [0.29, 0.717) is 58.6 Å². The van der Waals surface area contributed by atoms with Crippen molar-refractivity contribution in [2.24, 2.45) is 0 Å². The van der Waals surface area contributed by atoms with E-state index >= 15 is 0 Å². The number of H-pyrrole nitrogens is 1. The van der Waals surface area contributed by atoms with Gasteiger partial charge in [-0.1, -0.05) is 0 Å². The lowest BCUT2D eigenvalue weighted by molar-refractivity contribution is 0.101. The van der Waals surface area contributed by atoms with E-state index < -0.39 is 15.9 Å². The lowest BCUT2D eigenvalue weighted by atomic mass is 10.1. The first-order valence-electron chi connectivity index (χ1n) is 10.7. The molecule has 0 atom stereocenters. The number of ether oxygens (including phenoxy) is 2. The van der Waals surface area contributed by atoms with E-state index in [0.717, 1.165) is 6.42 Å². The molecule has 3 N–H and O–H groups in total. The van der Waals surface area contributed by atoms with Crippen molar-refractivity contribution in [2.45, 2.75) is 32.1 Å². The van der Waals surface area contributed by atoms with E-state index in [1.807, 2.05) is 0 Å². The monoisotopic (exact) mass is 483 g/mol. The SMILES string of the molecule is CC(=O)c1c(C)[nH]c(C(=O)Nc2ccc(NS(=O)(=O)c3ccc4c(c3)OCCCO4)cc2)c1C. The number of hydrogen-bond acceptors (Lipinski definition) is 6. The van der Waals surface area contributed by atoms with Crippen molar-refractivity contribution >= 4 is 33.1 Å². The lowest BCUT2D eigenvalue weighted by Gasteiger charge is -2.12. The van der Waals surface area contributed by atoms with Crippen LogP contribution in [0.25, 0.3) is 0 Å². The van der Waals surface area contributed by atoms with Crippen LogP contribution in [0.2, 0.25) is 0 Å². The predicted molar refractivity (Wildman–Crippen MR) is 128 cm³/mol. The zero-order chi connectivity index (χ0) is 24.5. The molecule has 0 fully saturated rings. The number of ketones is 1. The minimum atomic E-state index is -3.86. The number of aromatic amines is 1. The molecule has 0 saturated heterocycles. The third-order valence-electron chi connectivity index (χ3n) is 5.44. The summed E-state index contributed by atoms with van der Waals surface area (Å²) in [5, 5.41) is 2.75. The predicted octanol–water partition coefficient (Wildman–Crippen LogP) is 4.05. The highest BCUT2D eigenvalue weighted by atomic mass is 32.2. The summed E-state index contributed by atoms with van der Waals surface area (Å²) in [4.78, 5) is 27.5. The Morgan fingerprint density at radius 2 is 1.59 bits per heavy atom. The average Bonchev–Trinajstić information content (AvgIpc) is 2.94. The fourth-order valence-electron chi connectivity index (χ4n) is 3.85. The number of aryl methyl sites for hydroxylation is 1. The molecule has 10 heteroatoms. The van der Waals surface area contributed by atoms with Crippen molar-refractivity contribution in [2.75, 3.05) is 23.3 Å². The molecule has 0 aliphatic carbocycles. The van der Waals surface area contributed by atoms with Gasteiger partial charge < -0.3 is 19.8 Å². The average molecular weight is 484 g/mol. The number of carbonyl (C=O) groups is 2. The van der Waals surface area contributed by atoms with E-state index in [1.54, 1.807) is 44.2 Å². The van der Waals surface area contributed by atoms with Crippen molar-refractivity contribution in [3.63, 3.8) is 0 Å². The van der Waals surface area contributed by atoms with Gasteiger partial charge in [-0.15, -0.1) is 0 Å². The largest absolute Gasteiger partial charge is 0.490 e. The quantitative estimate of drug-likeness (QED) is 0.454. The molecule has 1 aliphatic heterocycles. The van der Waals surface area contributed by atoms with Gasteiger partial charge in [0.15, 0.2) is 17.3 Å². The van der Waals surface area contributed by atoms with Gasteiger partial charge in [0.2, 0.25) is 0 Å². The Bertz CT molecular complexity index is 1360. The number of Topliss-reactive ketones (excluding diaryl/α,β-unsaturated/α-hetero) is 1. The summed E-state index contributed by atoms with van der Waals surface area (Å²) < 4.78 is 39.3. The summed E-state index contributed by atoms with van der Waals surface area (Å²) in [7, 11) is -3.86. The third-order valence-corrected chi connectivity index (χ3v) is 6.82. The van der Waals surface area contributed by atoms with Gasteiger partial charge in [-0.2, -0.15) is 0 Å². The van der Waals surface area contributed by atoms with Crippen molar-refractivity contribution in [3.8, 4) is 11.5 Å². The number of amides is 1. The molecule has 3 aromatic rings. The minimum absolute atomic E-state index is 0.0491. The molecular weight excluding hydrogens is 458 g/mol. The Kier molecular flexibility index (Phi) is 6.34. The number of nitrogens with one attached hydrogen (secondary N) is 3. The minimum Gasteiger partial charge on any atom is -0.490 e. The third kappa shape index (κ3) is 4.76. The Labute approximate surface area is 197 Å².